The Labute approximate surface area is 109 Å². The highest BCUT2D eigenvalue weighted by Crippen LogP contribution is 2.43. The summed E-state index contributed by atoms with van der Waals surface area (Å²) in [6.45, 7) is 4.48. The lowest BCUT2D eigenvalue weighted by atomic mass is 10.0. The zero-order valence-corrected chi connectivity index (χ0v) is 11.0. The lowest BCUT2D eigenvalue weighted by molar-refractivity contribution is 0.493. The Morgan fingerprint density at radius 3 is 1.94 bits per heavy atom. The van der Waals surface area contributed by atoms with E-state index in [2.05, 4.69) is 67.7 Å². The Bertz CT molecular complexity index is 514. The second kappa shape index (κ2) is 4.58. The Balaban J connectivity index is 2.09. The topological polar surface area (TPSA) is 12.0 Å². The predicted octanol–water partition coefficient (Wildman–Crippen LogP) is 4.14. The highest BCUT2D eigenvalue weighted by Gasteiger charge is 2.28. The molecule has 0 aromatic heterocycles. The summed E-state index contributed by atoms with van der Waals surface area (Å²) >= 11 is 0. The van der Waals surface area contributed by atoms with Gasteiger partial charge in [0.15, 0.2) is 0 Å². The number of benzene rings is 2. The monoisotopic (exact) mass is 237 g/mol. The van der Waals surface area contributed by atoms with E-state index >= 15 is 0 Å². The molecule has 1 nitrogen and oxygen atoms in total. The highest BCUT2D eigenvalue weighted by molar-refractivity contribution is 5.78. The first-order chi connectivity index (χ1) is 8.81. The predicted molar refractivity (Wildman–Crippen MR) is 76.6 cm³/mol. The summed E-state index contributed by atoms with van der Waals surface area (Å²) in [5.41, 5.74) is 5.60. The van der Waals surface area contributed by atoms with E-state index in [0.717, 1.165) is 6.42 Å². The fourth-order valence-electron chi connectivity index (χ4n) is 2.74. The van der Waals surface area contributed by atoms with Crippen LogP contribution in [0.2, 0.25) is 0 Å². The maximum Gasteiger partial charge on any atom is 0.0590 e. The number of hydrogen-bond donors (Lipinski definition) is 1. The Hall–Kier alpha value is -1.60. The minimum absolute atomic E-state index is 0.354. The summed E-state index contributed by atoms with van der Waals surface area (Å²) in [6, 6.07) is 18.4. The third kappa shape index (κ3) is 1.75. The van der Waals surface area contributed by atoms with E-state index in [0.29, 0.717) is 12.1 Å². The molecule has 0 spiro atoms. The van der Waals surface area contributed by atoms with Crippen LogP contribution >= 0.6 is 0 Å². The van der Waals surface area contributed by atoms with Gasteiger partial charge in [0, 0.05) is 6.04 Å². The zero-order valence-electron chi connectivity index (χ0n) is 11.0. The standard InChI is InChI=1S/C17H19N/c1-3-12(2)18-17-15-10-6-4-8-13(15)14-9-5-7-11-16(14)17/h4-12,17-18H,3H2,1-2H3. The van der Waals surface area contributed by atoms with Crippen LogP contribution in [0.3, 0.4) is 0 Å². The molecule has 2 aromatic rings. The largest absolute Gasteiger partial charge is 0.304 e. The van der Waals surface area contributed by atoms with Crippen LogP contribution in [-0.4, -0.2) is 6.04 Å². The van der Waals surface area contributed by atoms with Gasteiger partial charge in [-0.3, -0.25) is 0 Å². The molecule has 18 heavy (non-hydrogen) atoms. The molecular weight excluding hydrogens is 218 g/mol. The second-order valence-corrected chi connectivity index (χ2v) is 5.08. The molecule has 0 heterocycles. The fourth-order valence-corrected chi connectivity index (χ4v) is 2.74. The van der Waals surface area contributed by atoms with Crippen LogP contribution < -0.4 is 5.32 Å². The molecule has 1 atom stereocenters. The highest BCUT2D eigenvalue weighted by atomic mass is 14.9. The number of rotatable bonds is 3. The van der Waals surface area contributed by atoms with E-state index in [9.17, 15) is 0 Å². The number of nitrogens with one attached hydrogen (secondary N) is 1. The smallest absolute Gasteiger partial charge is 0.0590 e. The van der Waals surface area contributed by atoms with Gasteiger partial charge in [-0.1, -0.05) is 55.5 Å². The maximum absolute atomic E-state index is 3.74. The molecule has 0 saturated carbocycles. The van der Waals surface area contributed by atoms with E-state index < -0.39 is 0 Å². The van der Waals surface area contributed by atoms with Crippen LogP contribution in [-0.2, 0) is 0 Å². The van der Waals surface area contributed by atoms with Gasteiger partial charge in [0.25, 0.3) is 0 Å². The first-order valence-corrected chi connectivity index (χ1v) is 6.75. The van der Waals surface area contributed by atoms with Crippen molar-refractivity contribution in [3.8, 4) is 11.1 Å². The van der Waals surface area contributed by atoms with Crippen molar-refractivity contribution < 1.29 is 0 Å². The molecule has 2 aromatic carbocycles. The van der Waals surface area contributed by atoms with E-state index in [-0.39, 0.29) is 0 Å². The zero-order chi connectivity index (χ0) is 12.5. The van der Waals surface area contributed by atoms with E-state index in [1.807, 2.05) is 0 Å². The van der Waals surface area contributed by atoms with Gasteiger partial charge in [-0.05, 0) is 35.6 Å². The fraction of sp³-hybridized carbons (Fsp3) is 0.294. The van der Waals surface area contributed by atoms with Crippen molar-refractivity contribution in [2.24, 2.45) is 0 Å². The van der Waals surface area contributed by atoms with Crippen molar-refractivity contribution in [1.29, 1.82) is 0 Å². The Morgan fingerprint density at radius 1 is 0.944 bits per heavy atom. The minimum atomic E-state index is 0.354. The van der Waals surface area contributed by atoms with E-state index in [4.69, 9.17) is 0 Å². The van der Waals surface area contributed by atoms with Crippen LogP contribution in [0.15, 0.2) is 48.5 Å². The Kier molecular flexibility index (Phi) is 2.92. The molecule has 0 amide bonds. The first-order valence-electron chi connectivity index (χ1n) is 6.75. The van der Waals surface area contributed by atoms with Crippen LogP contribution in [0.4, 0.5) is 0 Å². The maximum atomic E-state index is 3.74. The lowest BCUT2D eigenvalue weighted by Crippen LogP contribution is -2.29. The van der Waals surface area contributed by atoms with Gasteiger partial charge in [0.05, 0.1) is 6.04 Å². The van der Waals surface area contributed by atoms with Crippen molar-refractivity contribution >= 4 is 0 Å². The van der Waals surface area contributed by atoms with Crippen molar-refractivity contribution in [3.05, 3.63) is 59.7 Å². The van der Waals surface area contributed by atoms with Gasteiger partial charge in [0.1, 0.15) is 0 Å². The molecule has 0 aliphatic heterocycles. The lowest BCUT2D eigenvalue weighted by Gasteiger charge is -2.20. The molecule has 1 aliphatic carbocycles. The normalized spacial score (nSPS) is 15.2. The van der Waals surface area contributed by atoms with Crippen LogP contribution in [0.1, 0.15) is 37.4 Å². The third-order valence-electron chi connectivity index (χ3n) is 3.90. The van der Waals surface area contributed by atoms with Gasteiger partial charge < -0.3 is 5.32 Å². The van der Waals surface area contributed by atoms with Gasteiger partial charge in [0.2, 0.25) is 0 Å². The summed E-state index contributed by atoms with van der Waals surface area (Å²) < 4.78 is 0. The molecule has 1 unspecified atom stereocenters. The number of fused-ring (bicyclic) bond motifs is 3. The summed E-state index contributed by atoms with van der Waals surface area (Å²) in [5, 5.41) is 3.74. The van der Waals surface area contributed by atoms with Crippen molar-refractivity contribution in [3.63, 3.8) is 0 Å². The van der Waals surface area contributed by atoms with Crippen LogP contribution in [0, 0.1) is 0 Å². The van der Waals surface area contributed by atoms with Gasteiger partial charge >= 0.3 is 0 Å². The average molecular weight is 237 g/mol. The molecule has 1 aliphatic rings. The van der Waals surface area contributed by atoms with Gasteiger partial charge in [-0.25, -0.2) is 0 Å². The molecule has 0 fully saturated rings. The summed E-state index contributed by atoms with van der Waals surface area (Å²) in [5.74, 6) is 0. The molecule has 3 rings (SSSR count). The van der Waals surface area contributed by atoms with Crippen molar-refractivity contribution in [2.45, 2.75) is 32.4 Å². The second-order valence-electron chi connectivity index (χ2n) is 5.08. The minimum Gasteiger partial charge on any atom is -0.304 e. The SMILES string of the molecule is CCC(C)NC1c2ccccc2-c2ccccc21. The molecule has 0 radical (unpaired) electrons. The third-order valence-corrected chi connectivity index (χ3v) is 3.90. The first kappa shape index (κ1) is 11.5. The average Bonchev–Trinajstić information content (AvgIpc) is 2.74. The number of hydrogen-bond acceptors (Lipinski definition) is 1. The van der Waals surface area contributed by atoms with Gasteiger partial charge in [-0.15, -0.1) is 0 Å². The molecular formula is C17H19N. The van der Waals surface area contributed by atoms with Crippen LogP contribution in [0.25, 0.3) is 11.1 Å². The summed E-state index contributed by atoms with van der Waals surface area (Å²) in [7, 11) is 0. The Morgan fingerprint density at radius 2 is 1.44 bits per heavy atom. The molecule has 92 valence electrons. The van der Waals surface area contributed by atoms with E-state index in [1.165, 1.54) is 22.3 Å². The van der Waals surface area contributed by atoms with Crippen LogP contribution in [0.5, 0.6) is 0 Å². The molecule has 1 heteroatoms. The quantitative estimate of drug-likeness (QED) is 0.845. The summed E-state index contributed by atoms with van der Waals surface area (Å²) in [4.78, 5) is 0. The summed E-state index contributed by atoms with van der Waals surface area (Å²) in [6.07, 6.45) is 1.15. The molecule has 0 bridgehead atoms. The molecule has 0 saturated heterocycles. The molecule has 1 N–H and O–H groups in total. The van der Waals surface area contributed by atoms with E-state index in [1.54, 1.807) is 0 Å². The van der Waals surface area contributed by atoms with Crippen molar-refractivity contribution in [2.75, 3.05) is 0 Å². The van der Waals surface area contributed by atoms with Gasteiger partial charge in [-0.2, -0.15) is 0 Å². The van der Waals surface area contributed by atoms with Crippen molar-refractivity contribution in [1.82, 2.24) is 5.32 Å².